The zero-order chi connectivity index (χ0) is 31.8. The number of rotatable bonds is 13. The molecule has 0 spiro atoms. The molecule has 0 saturated heterocycles. The Morgan fingerprint density at radius 2 is 1.48 bits per heavy atom. The van der Waals surface area contributed by atoms with Crippen LogP contribution in [-0.4, -0.2) is 60.6 Å². The lowest BCUT2D eigenvalue weighted by molar-refractivity contribution is -0.175. The van der Waals surface area contributed by atoms with Crippen LogP contribution in [0.5, 0.6) is 5.75 Å². The minimum absolute atomic E-state index is 0.00818. The Morgan fingerprint density at radius 3 is 1.98 bits per heavy atom. The predicted molar refractivity (Wildman–Crippen MR) is 140 cm³/mol. The van der Waals surface area contributed by atoms with Crippen LogP contribution in [0.15, 0.2) is 48.5 Å². The van der Waals surface area contributed by atoms with Crippen LogP contribution in [-0.2, 0) is 31.5 Å². The number of ketones is 1. The molecule has 0 radical (unpaired) electrons. The molecule has 0 saturated carbocycles. The molecule has 9 nitrogen and oxygen atoms in total. The number of aryl methyl sites for hydroxylation is 1. The van der Waals surface area contributed by atoms with Crippen molar-refractivity contribution in [1.29, 1.82) is 0 Å². The molecule has 0 bridgehead atoms. The average molecular weight is 602 g/mol. The summed E-state index contributed by atoms with van der Waals surface area (Å²) in [6.07, 6.45) is -5.09. The van der Waals surface area contributed by atoms with E-state index in [9.17, 15) is 37.5 Å². The summed E-state index contributed by atoms with van der Waals surface area (Å²) in [7, 11) is 1.35. The van der Waals surface area contributed by atoms with Crippen LogP contribution in [0.1, 0.15) is 43.5 Å². The number of halogens is 5. The Balaban J connectivity index is 2.36. The van der Waals surface area contributed by atoms with E-state index in [-0.39, 0.29) is 17.5 Å². The lowest BCUT2D eigenvalue weighted by Gasteiger charge is -2.27. The van der Waals surface area contributed by atoms with Gasteiger partial charge < -0.3 is 25.8 Å². The van der Waals surface area contributed by atoms with Crippen LogP contribution in [0.2, 0.25) is 0 Å². The zero-order valence-electron chi connectivity index (χ0n) is 23.2. The van der Waals surface area contributed by atoms with Gasteiger partial charge in [0, 0.05) is 5.56 Å². The molecule has 3 atom stereocenters. The van der Waals surface area contributed by atoms with Gasteiger partial charge in [-0.15, -0.1) is 0 Å². The number of aliphatic hydroxyl groups is 1. The minimum Gasteiger partial charge on any atom is -0.497 e. The fourth-order valence-corrected chi connectivity index (χ4v) is 3.99. The minimum atomic E-state index is -5.27. The zero-order valence-corrected chi connectivity index (χ0v) is 23.2. The van der Waals surface area contributed by atoms with Crippen LogP contribution in [0, 0.1) is 5.92 Å². The van der Waals surface area contributed by atoms with E-state index in [0.717, 1.165) is 6.07 Å². The Labute approximate surface area is 238 Å². The van der Waals surface area contributed by atoms with Crippen molar-refractivity contribution in [3.05, 3.63) is 65.2 Å². The molecule has 4 N–H and O–H groups in total. The van der Waals surface area contributed by atoms with Crippen LogP contribution in [0.3, 0.4) is 0 Å². The number of nitrogens with one attached hydrogen (secondary N) is 3. The molecule has 2 aromatic carbocycles. The third-order valence-corrected chi connectivity index (χ3v) is 6.35. The number of hydrogen-bond donors (Lipinski definition) is 4. The molecule has 2 aromatic rings. The first-order valence-electron chi connectivity index (χ1n) is 12.8. The van der Waals surface area contributed by atoms with Crippen LogP contribution < -0.4 is 20.7 Å². The highest BCUT2D eigenvalue weighted by atomic mass is 19.4. The summed E-state index contributed by atoms with van der Waals surface area (Å²) in [6, 6.07) is 4.84. The van der Waals surface area contributed by atoms with Crippen molar-refractivity contribution in [3.8, 4) is 5.75 Å². The van der Waals surface area contributed by atoms with E-state index >= 15 is 8.78 Å². The van der Waals surface area contributed by atoms with Gasteiger partial charge in [-0.3, -0.25) is 19.2 Å². The topological polar surface area (TPSA) is 134 Å². The number of aliphatic hydroxyl groups excluding tert-OH is 1. The molecule has 0 fully saturated rings. The van der Waals surface area contributed by atoms with Gasteiger partial charge in [0.2, 0.25) is 11.8 Å². The first-order valence-corrected chi connectivity index (χ1v) is 12.8. The third-order valence-electron chi connectivity index (χ3n) is 6.35. The highest BCUT2D eigenvalue weighted by Crippen LogP contribution is 2.31. The number of alkyl halides is 5. The Kier molecular flexibility index (Phi) is 11.5. The van der Waals surface area contributed by atoms with E-state index in [1.807, 2.05) is 5.32 Å². The quantitative estimate of drug-likeness (QED) is 0.261. The standard InChI is InChI=1S/C28H32F5N3O6/c1-5-16-8-6-7-9-19(16)27(29,30)26(41)34-20(14-37)24(39)36-22(17-10-12-18(42-4)13-11-17)25(40)35-21(15(2)3)23(38)28(31,32)33/h6-13,15,20-22,37H,5,14H2,1-4H3,(H,34,41)(H,35,40)(H,36,39). The second kappa shape index (κ2) is 14.2. The molecule has 3 amide bonds. The smallest absolute Gasteiger partial charge is 0.452 e. The number of amides is 3. The van der Waals surface area contributed by atoms with E-state index < -0.39 is 71.8 Å². The SMILES string of the molecule is CCc1ccccc1C(F)(F)C(=O)NC(CO)C(=O)NC(C(=O)NC(C(=O)C(F)(F)F)C(C)C)c1ccc(OC)cc1. The van der Waals surface area contributed by atoms with Crippen molar-refractivity contribution in [2.24, 2.45) is 5.92 Å². The highest BCUT2D eigenvalue weighted by molar-refractivity contribution is 5.97. The summed E-state index contributed by atoms with van der Waals surface area (Å²) in [4.78, 5) is 50.7. The van der Waals surface area contributed by atoms with Gasteiger partial charge in [0.25, 0.3) is 11.7 Å². The van der Waals surface area contributed by atoms with E-state index in [4.69, 9.17) is 4.74 Å². The van der Waals surface area contributed by atoms with Crippen molar-refractivity contribution >= 4 is 23.5 Å². The monoisotopic (exact) mass is 601 g/mol. The van der Waals surface area contributed by atoms with Gasteiger partial charge in [-0.05, 0) is 35.6 Å². The maximum Gasteiger partial charge on any atom is 0.452 e. The second-order valence-corrected chi connectivity index (χ2v) is 9.60. The fraction of sp³-hybridized carbons (Fsp3) is 0.429. The molecule has 0 aromatic heterocycles. The summed E-state index contributed by atoms with van der Waals surface area (Å²) >= 11 is 0. The maximum atomic E-state index is 15.1. The normalized spacial score (nSPS) is 14.0. The molecule has 0 heterocycles. The van der Waals surface area contributed by atoms with Gasteiger partial charge in [-0.25, -0.2) is 0 Å². The van der Waals surface area contributed by atoms with Crippen molar-refractivity contribution < 1.29 is 51.0 Å². The van der Waals surface area contributed by atoms with Crippen molar-refractivity contribution in [1.82, 2.24) is 16.0 Å². The summed E-state index contributed by atoms with van der Waals surface area (Å²) in [5, 5.41) is 15.7. The Bertz CT molecular complexity index is 1270. The molecular weight excluding hydrogens is 569 g/mol. The first-order chi connectivity index (χ1) is 19.6. The summed E-state index contributed by atoms with van der Waals surface area (Å²) in [5.41, 5.74) is -0.424. The summed E-state index contributed by atoms with van der Waals surface area (Å²) in [6.45, 7) is 2.97. The predicted octanol–water partition coefficient (Wildman–Crippen LogP) is 2.96. The average Bonchev–Trinajstić information content (AvgIpc) is 2.95. The number of benzene rings is 2. The van der Waals surface area contributed by atoms with Gasteiger partial charge in [0.15, 0.2) is 0 Å². The molecular formula is C28H32F5N3O6. The fourth-order valence-electron chi connectivity index (χ4n) is 3.99. The van der Waals surface area contributed by atoms with Crippen molar-refractivity contribution in [2.45, 2.75) is 57.4 Å². The molecule has 14 heteroatoms. The summed E-state index contributed by atoms with van der Waals surface area (Å²) in [5.74, 6) is -11.5. The van der Waals surface area contributed by atoms with Gasteiger partial charge in [0.1, 0.15) is 17.8 Å². The second-order valence-electron chi connectivity index (χ2n) is 9.60. The number of carbonyl (C=O) groups is 4. The van der Waals surface area contributed by atoms with E-state index in [2.05, 4.69) is 5.32 Å². The number of ether oxygens (including phenoxy) is 1. The van der Waals surface area contributed by atoms with Crippen molar-refractivity contribution in [3.63, 3.8) is 0 Å². The van der Waals surface area contributed by atoms with Gasteiger partial charge >= 0.3 is 12.1 Å². The number of hydrogen-bond acceptors (Lipinski definition) is 6. The number of carbonyl (C=O) groups excluding carboxylic acids is 4. The van der Waals surface area contributed by atoms with Crippen LogP contribution in [0.25, 0.3) is 0 Å². The van der Waals surface area contributed by atoms with Gasteiger partial charge in [-0.1, -0.05) is 57.2 Å². The maximum absolute atomic E-state index is 15.1. The molecule has 42 heavy (non-hydrogen) atoms. The summed E-state index contributed by atoms with van der Waals surface area (Å²) < 4.78 is 74.6. The molecule has 0 aliphatic carbocycles. The van der Waals surface area contributed by atoms with Crippen molar-refractivity contribution in [2.75, 3.05) is 13.7 Å². The molecule has 0 aliphatic rings. The van der Waals surface area contributed by atoms with E-state index in [1.54, 1.807) is 12.2 Å². The van der Waals surface area contributed by atoms with E-state index in [1.165, 1.54) is 63.4 Å². The van der Waals surface area contributed by atoms with Gasteiger partial charge in [-0.2, -0.15) is 22.0 Å². The molecule has 2 rings (SSSR count). The molecule has 230 valence electrons. The molecule has 0 aliphatic heterocycles. The number of methoxy groups -OCH3 is 1. The Morgan fingerprint density at radius 1 is 0.881 bits per heavy atom. The van der Waals surface area contributed by atoms with Crippen LogP contribution in [0.4, 0.5) is 22.0 Å². The lowest BCUT2D eigenvalue weighted by Crippen LogP contribution is -2.56. The third kappa shape index (κ3) is 8.24. The molecule has 3 unspecified atom stereocenters. The Hall–Kier alpha value is -4.07. The van der Waals surface area contributed by atoms with E-state index in [0.29, 0.717) is 5.75 Å². The van der Waals surface area contributed by atoms with Crippen LogP contribution >= 0.6 is 0 Å². The highest BCUT2D eigenvalue weighted by Gasteiger charge is 2.46. The van der Waals surface area contributed by atoms with Gasteiger partial charge in [0.05, 0.1) is 19.8 Å². The number of Topliss-reactive ketones (excluding diaryl/α,β-unsaturated/α-hetero) is 1. The largest absolute Gasteiger partial charge is 0.497 e. The first kappa shape index (κ1) is 34.1. The lowest BCUT2D eigenvalue weighted by atomic mass is 9.97.